The Labute approximate surface area is 246 Å². The van der Waals surface area contributed by atoms with Gasteiger partial charge in [-0.2, -0.15) is 8.42 Å². The summed E-state index contributed by atoms with van der Waals surface area (Å²) in [6.45, 7) is 18.3. The largest absolute Gasteiger partial charge is 0.359 e. The highest BCUT2D eigenvalue weighted by atomic mass is 32.2. The van der Waals surface area contributed by atoms with E-state index in [2.05, 4.69) is 19.0 Å². The zero-order valence-electron chi connectivity index (χ0n) is 25.8. The molecule has 0 amide bonds. The monoisotopic (exact) mass is 579 g/mol. The lowest BCUT2D eigenvalue weighted by atomic mass is 9.80. The van der Waals surface area contributed by atoms with Crippen LogP contribution >= 0.6 is 0 Å². The lowest BCUT2D eigenvalue weighted by molar-refractivity contribution is -0.305. The second kappa shape index (κ2) is 13.3. The first-order valence-electron chi connectivity index (χ1n) is 14.4. The Morgan fingerprint density at radius 1 is 0.805 bits per heavy atom. The van der Waals surface area contributed by atoms with Crippen molar-refractivity contribution in [2.75, 3.05) is 0 Å². The molecule has 3 rings (SSSR count). The Morgan fingerprint density at radius 2 is 1.32 bits per heavy atom. The molecule has 222 valence electrons. The SMILES string of the molecule is CCC(C)(C)C(OO)c1ccc(/C(=N\OS(=O)(=O)c2c(C(C)C)cc(C(C)C)cc2C(C)C)c2ccccc2)cc1. The molecule has 7 heteroatoms. The lowest BCUT2D eigenvalue weighted by Gasteiger charge is -2.31. The van der Waals surface area contributed by atoms with Crippen molar-refractivity contribution in [3.8, 4) is 0 Å². The van der Waals surface area contributed by atoms with Crippen LogP contribution in [0.5, 0.6) is 0 Å². The van der Waals surface area contributed by atoms with Crippen LogP contribution in [0.25, 0.3) is 0 Å². The fraction of sp³-hybridized carbons (Fsp3) is 0.441. The zero-order valence-corrected chi connectivity index (χ0v) is 26.6. The van der Waals surface area contributed by atoms with Crippen molar-refractivity contribution >= 4 is 15.8 Å². The van der Waals surface area contributed by atoms with Gasteiger partial charge in [0.2, 0.25) is 0 Å². The minimum atomic E-state index is -4.25. The van der Waals surface area contributed by atoms with Crippen molar-refractivity contribution in [3.05, 3.63) is 100 Å². The van der Waals surface area contributed by atoms with E-state index in [-0.39, 0.29) is 28.1 Å². The average Bonchev–Trinajstić information content (AvgIpc) is 2.93. The molecule has 0 radical (unpaired) electrons. The zero-order chi connectivity index (χ0) is 30.5. The minimum Gasteiger partial charge on any atom is -0.264 e. The Balaban J connectivity index is 2.13. The second-order valence-corrected chi connectivity index (χ2v) is 13.7. The molecule has 1 unspecified atom stereocenters. The summed E-state index contributed by atoms with van der Waals surface area (Å²) in [6, 6.07) is 20.7. The Bertz CT molecular complexity index is 1410. The topological polar surface area (TPSA) is 85.2 Å². The molecule has 0 aliphatic heterocycles. The molecule has 0 spiro atoms. The van der Waals surface area contributed by atoms with Crippen LogP contribution in [0.2, 0.25) is 0 Å². The summed E-state index contributed by atoms with van der Waals surface area (Å²) in [5.74, 6) is 0.199. The summed E-state index contributed by atoms with van der Waals surface area (Å²) in [7, 11) is -4.25. The molecule has 1 N–H and O–H groups in total. The van der Waals surface area contributed by atoms with Crippen LogP contribution in [0.15, 0.2) is 76.8 Å². The van der Waals surface area contributed by atoms with Gasteiger partial charge in [-0.3, -0.25) is 9.54 Å². The van der Waals surface area contributed by atoms with Crippen molar-refractivity contribution in [3.63, 3.8) is 0 Å². The number of hydrogen-bond donors (Lipinski definition) is 1. The molecule has 0 aliphatic rings. The van der Waals surface area contributed by atoms with E-state index in [9.17, 15) is 13.7 Å². The fourth-order valence-corrected chi connectivity index (χ4v) is 6.24. The average molecular weight is 580 g/mol. The van der Waals surface area contributed by atoms with Gasteiger partial charge in [0, 0.05) is 11.1 Å². The number of hydrogen-bond acceptors (Lipinski definition) is 6. The lowest BCUT2D eigenvalue weighted by Crippen LogP contribution is -2.23. The molecule has 3 aromatic rings. The van der Waals surface area contributed by atoms with Crippen LogP contribution in [0.3, 0.4) is 0 Å². The van der Waals surface area contributed by atoms with Crippen LogP contribution in [-0.4, -0.2) is 19.4 Å². The van der Waals surface area contributed by atoms with Gasteiger partial charge in [0.1, 0.15) is 16.7 Å². The van der Waals surface area contributed by atoms with Crippen molar-refractivity contribution < 1.29 is 22.8 Å². The van der Waals surface area contributed by atoms with Gasteiger partial charge in [-0.05, 0) is 51.8 Å². The maximum atomic E-state index is 13.9. The summed E-state index contributed by atoms with van der Waals surface area (Å²) in [4.78, 5) is 5.07. The summed E-state index contributed by atoms with van der Waals surface area (Å²) >= 11 is 0. The van der Waals surface area contributed by atoms with Crippen LogP contribution in [0.4, 0.5) is 0 Å². The third-order valence-corrected chi connectivity index (χ3v) is 9.06. The minimum absolute atomic E-state index is 0.0289. The highest BCUT2D eigenvalue weighted by Gasteiger charge is 2.31. The molecule has 0 aromatic heterocycles. The molecule has 1 atom stereocenters. The maximum Gasteiger partial charge on any atom is 0.359 e. The highest BCUT2D eigenvalue weighted by molar-refractivity contribution is 7.86. The first-order chi connectivity index (χ1) is 19.2. The van der Waals surface area contributed by atoms with Gasteiger partial charge < -0.3 is 0 Å². The quantitative estimate of drug-likeness (QED) is 0.131. The Kier molecular flexibility index (Phi) is 10.6. The molecule has 0 heterocycles. The van der Waals surface area contributed by atoms with Crippen LogP contribution in [0.1, 0.15) is 126 Å². The van der Waals surface area contributed by atoms with Crippen LogP contribution in [0, 0.1) is 5.41 Å². The number of oxime groups is 1. The predicted octanol–water partition coefficient (Wildman–Crippen LogP) is 9.18. The van der Waals surface area contributed by atoms with E-state index in [4.69, 9.17) is 9.17 Å². The molecule has 0 aliphatic carbocycles. The van der Waals surface area contributed by atoms with E-state index >= 15 is 0 Å². The van der Waals surface area contributed by atoms with Crippen LogP contribution < -0.4 is 0 Å². The first kappa shape index (κ1) is 32.5. The normalized spacial score (nSPS) is 13.7. The summed E-state index contributed by atoms with van der Waals surface area (Å²) in [6.07, 6.45) is 0.282. The van der Waals surface area contributed by atoms with Gasteiger partial charge >= 0.3 is 10.1 Å². The highest BCUT2D eigenvalue weighted by Crippen LogP contribution is 2.39. The maximum absolute atomic E-state index is 13.9. The number of benzene rings is 3. The van der Waals surface area contributed by atoms with Gasteiger partial charge in [-0.1, -0.05) is 134 Å². The van der Waals surface area contributed by atoms with Crippen molar-refractivity contribution in [1.29, 1.82) is 0 Å². The van der Waals surface area contributed by atoms with E-state index in [1.807, 2.05) is 115 Å². The van der Waals surface area contributed by atoms with Crippen LogP contribution in [-0.2, 0) is 19.3 Å². The number of rotatable bonds is 12. The number of nitrogens with zero attached hydrogens (tertiary/aromatic N) is 1. The van der Waals surface area contributed by atoms with Gasteiger partial charge in [-0.25, -0.2) is 4.89 Å². The molecule has 3 aromatic carbocycles. The Morgan fingerprint density at radius 3 is 1.76 bits per heavy atom. The fourth-order valence-electron chi connectivity index (χ4n) is 4.83. The van der Waals surface area contributed by atoms with Crippen molar-refractivity contribution in [1.82, 2.24) is 0 Å². The summed E-state index contributed by atoms with van der Waals surface area (Å²) < 4.78 is 33.3. The molecule has 0 bridgehead atoms. The van der Waals surface area contributed by atoms with E-state index in [0.717, 1.165) is 28.7 Å². The molecule has 0 fully saturated rings. The molecule has 0 saturated heterocycles. The summed E-state index contributed by atoms with van der Waals surface area (Å²) in [5.41, 5.74) is 4.83. The van der Waals surface area contributed by atoms with E-state index in [1.54, 1.807) is 0 Å². The third-order valence-electron chi connectivity index (χ3n) is 7.82. The van der Waals surface area contributed by atoms with E-state index < -0.39 is 16.2 Å². The second-order valence-electron chi connectivity index (χ2n) is 12.3. The van der Waals surface area contributed by atoms with E-state index in [0.29, 0.717) is 16.8 Å². The van der Waals surface area contributed by atoms with Gasteiger partial charge in [-0.15, -0.1) is 0 Å². The molecular weight excluding hydrogens is 534 g/mol. The summed E-state index contributed by atoms with van der Waals surface area (Å²) in [5, 5.41) is 13.9. The first-order valence-corrected chi connectivity index (χ1v) is 15.8. The van der Waals surface area contributed by atoms with Crippen molar-refractivity contribution in [2.45, 2.75) is 97.5 Å². The van der Waals surface area contributed by atoms with Gasteiger partial charge in [0.15, 0.2) is 0 Å². The molecule has 0 saturated carbocycles. The van der Waals surface area contributed by atoms with Gasteiger partial charge in [0.05, 0.1) is 0 Å². The van der Waals surface area contributed by atoms with E-state index in [1.165, 1.54) is 0 Å². The third kappa shape index (κ3) is 7.45. The predicted molar refractivity (Wildman–Crippen MR) is 166 cm³/mol. The Hall–Kier alpha value is -3.00. The van der Waals surface area contributed by atoms with Crippen molar-refractivity contribution in [2.24, 2.45) is 10.6 Å². The standard InChI is InChI=1S/C34H45NO5S/c1-10-34(8,9)33(39-36)27-18-16-26(17-19-27)31(25-14-12-11-13-15-25)35-40-41(37,38)32-29(23(4)5)20-28(22(2)3)21-30(32)24(6)7/h11-24,33,36H,10H2,1-9H3/b35-31-. The molecule has 6 nitrogen and oxygen atoms in total. The molecule has 41 heavy (non-hydrogen) atoms. The smallest absolute Gasteiger partial charge is 0.264 e. The molecular formula is C34H45NO5S. The van der Waals surface area contributed by atoms with Gasteiger partial charge in [0.25, 0.3) is 0 Å².